The van der Waals surface area contributed by atoms with E-state index in [0.29, 0.717) is 18.2 Å². The molecule has 5 nitrogen and oxygen atoms in total. The fourth-order valence-corrected chi connectivity index (χ4v) is 4.12. The van der Waals surface area contributed by atoms with Gasteiger partial charge >= 0.3 is 0 Å². The first kappa shape index (κ1) is 15.1. The Morgan fingerprint density at radius 1 is 1.13 bits per heavy atom. The lowest BCUT2D eigenvalue weighted by atomic mass is 10.0. The first-order chi connectivity index (χ1) is 11.3. The number of rotatable bonds is 2. The van der Waals surface area contributed by atoms with Gasteiger partial charge < -0.3 is 15.0 Å². The molecular formula is C18H25N3O2. The number of nitrogens with one attached hydrogen (secondary N) is 1. The fraction of sp³-hybridized carbons (Fsp3) is 0.611. The Bertz CT molecular complexity index is 528. The topological polar surface area (TPSA) is 44.8 Å². The van der Waals surface area contributed by atoms with Crippen LogP contribution in [0.2, 0.25) is 0 Å². The molecule has 0 radical (unpaired) electrons. The second-order valence-corrected chi connectivity index (χ2v) is 6.81. The van der Waals surface area contributed by atoms with Crippen molar-refractivity contribution in [1.82, 2.24) is 15.1 Å². The Labute approximate surface area is 137 Å². The molecule has 3 fully saturated rings. The van der Waals surface area contributed by atoms with Crippen LogP contribution < -0.4 is 5.32 Å². The van der Waals surface area contributed by atoms with Gasteiger partial charge in [0, 0.05) is 50.4 Å². The van der Waals surface area contributed by atoms with Crippen LogP contribution in [0, 0.1) is 0 Å². The van der Waals surface area contributed by atoms with Crippen LogP contribution in [0.5, 0.6) is 0 Å². The lowest BCUT2D eigenvalue weighted by Gasteiger charge is -2.36. The third-order valence-corrected chi connectivity index (χ3v) is 5.42. The predicted octanol–water partition coefficient (Wildman–Crippen LogP) is 0.964. The van der Waals surface area contributed by atoms with Crippen molar-refractivity contribution in [3.05, 3.63) is 35.9 Å². The highest BCUT2D eigenvalue weighted by molar-refractivity contribution is 5.94. The Hall–Kier alpha value is -1.43. The van der Waals surface area contributed by atoms with Gasteiger partial charge in [0.1, 0.15) is 0 Å². The van der Waals surface area contributed by atoms with E-state index in [1.807, 2.05) is 35.2 Å². The van der Waals surface area contributed by atoms with Crippen LogP contribution in [0.4, 0.5) is 0 Å². The van der Waals surface area contributed by atoms with E-state index in [1.165, 1.54) is 0 Å². The van der Waals surface area contributed by atoms with Crippen molar-refractivity contribution in [2.45, 2.75) is 31.0 Å². The molecule has 1 aromatic carbocycles. The zero-order valence-corrected chi connectivity index (χ0v) is 13.5. The highest BCUT2D eigenvalue weighted by Gasteiger charge is 2.39. The number of hydrogen-bond acceptors (Lipinski definition) is 4. The lowest BCUT2D eigenvalue weighted by molar-refractivity contribution is 0.0148. The third-order valence-electron chi connectivity index (χ3n) is 5.42. The molecule has 0 spiro atoms. The number of hydrogen-bond donors (Lipinski definition) is 1. The molecule has 1 amide bonds. The van der Waals surface area contributed by atoms with Gasteiger partial charge in [0.2, 0.25) is 0 Å². The summed E-state index contributed by atoms with van der Waals surface area (Å²) < 4.78 is 5.87. The van der Waals surface area contributed by atoms with Crippen molar-refractivity contribution >= 4 is 5.91 Å². The van der Waals surface area contributed by atoms with E-state index in [-0.39, 0.29) is 5.91 Å². The van der Waals surface area contributed by atoms with Gasteiger partial charge in [0.05, 0.1) is 12.7 Å². The zero-order chi connectivity index (χ0) is 15.6. The Kier molecular flexibility index (Phi) is 4.33. The van der Waals surface area contributed by atoms with E-state index in [0.717, 1.165) is 57.7 Å². The van der Waals surface area contributed by atoms with Gasteiger partial charge in [-0.3, -0.25) is 9.69 Å². The normalized spacial score (nSPS) is 29.5. The molecule has 0 saturated carbocycles. The summed E-state index contributed by atoms with van der Waals surface area (Å²) in [6.45, 7) is 5.64. The van der Waals surface area contributed by atoms with Gasteiger partial charge in [-0.2, -0.15) is 0 Å². The average Bonchev–Trinajstić information content (AvgIpc) is 3.06. The maximum absolute atomic E-state index is 12.5. The predicted molar refractivity (Wildman–Crippen MR) is 88.5 cm³/mol. The van der Waals surface area contributed by atoms with Gasteiger partial charge in [-0.15, -0.1) is 0 Å². The van der Waals surface area contributed by atoms with Crippen molar-refractivity contribution in [3.8, 4) is 0 Å². The first-order valence-electron chi connectivity index (χ1n) is 8.74. The van der Waals surface area contributed by atoms with E-state index < -0.39 is 0 Å². The highest BCUT2D eigenvalue weighted by Crippen LogP contribution is 2.24. The van der Waals surface area contributed by atoms with Gasteiger partial charge in [0.15, 0.2) is 0 Å². The van der Waals surface area contributed by atoms with Gasteiger partial charge in [0.25, 0.3) is 5.91 Å². The molecule has 0 aromatic heterocycles. The number of carbonyl (C=O) groups excluding carboxylic acids is 1. The largest absolute Gasteiger partial charge is 0.374 e. The third kappa shape index (κ3) is 3.13. The van der Waals surface area contributed by atoms with Crippen LogP contribution in [0.15, 0.2) is 30.3 Å². The summed E-state index contributed by atoms with van der Waals surface area (Å²) in [5.74, 6) is 0.171. The monoisotopic (exact) mass is 315 g/mol. The molecule has 1 aromatic rings. The lowest BCUT2D eigenvalue weighted by Crippen LogP contribution is -2.48. The molecule has 23 heavy (non-hydrogen) atoms. The van der Waals surface area contributed by atoms with Crippen LogP contribution in [0.3, 0.4) is 0 Å². The molecule has 0 bridgehead atoms. The Morgan fingerprint density at radius 2 is 1.91 bits per heavy atom. The summed E-state index contributed by atoms with van der Waals surface area (Å²) in [6.07, 6.45) is 2.49. The molecular weight excluding hydrogens is 290 g/mol. The molecule has 124 valence electrons. The highest BCUT2D eigenvalue weighted by atomic mass is 16.5. The Balaban J connectivity index is 1.32. The van der Waals surface area contributed by atoms with Crippen LogP contribution in [-0.4, -0.2) is 73.2 Å². The minimum atomic E-state index is 0.171. The molecule has 3 aliphatic heterocycles. The van der Waals surface area contributed by atoms with Crippen LogP contribution in [0.1, 0.15) is 23.2 Å². The molecule has 3 aliphatic rings. The quantitative estimate of drug-likeness (QED) is 0.883. The van der Waals surface area contributed by atoms with Crippen molar-refractivity contribution in [2.24, 2.45) is 0 Å². The van der Waals surface area contributed by atoms with Crippen molar-refractivity contribution in [1.29, 1.82) is 0 Å². The molecule has 1 N–H and O–H groups in total. The number of nitrogens with zero attached hydrogens (tertiary/aromatic N) is 2. The van der Waals surface area contributed by atoms with E-state index >= 15 is 0 Å². The van der Waals surface area contributed by atoms with Gasteiger partial charge in [-0.25, -0.2) is 0 Å². The van der Waals surface area contributed by atoms with Crippen LogP contribution in [0.25, 0.3) is 0 Å². The number of fused-ring (bicyclic) bond motifs is 1. The Morgan fingerprint density at radius 3 is 2.65 bits per heavy atom. The van der Waals surface area contributed by atoms with E-state index in [2.05, 4.69) is 10.2 Å². The fourth-order valence-electron chi connectivity index (χ4n) is 4.12. The number of amides is 1. The van der Waals surface area contributed by atoms with Crippen molar-refractivity contribution in [2.75, 3.05) is 39.3 Å². The molecule has 3 saturated heterocycles. The summed E-state index contributed by atoms with van der Waals surface area (Å²) in [5, 5.41) is 3.57. The molecule has 4 rings (SSSR count). The number of piperidine rings is 1. The smallest absolute Gasteiger partial charge is 0.253 e. The molecule has 5 heteroatoms. The summed E-state index contributed by atoms with van der Waals surface area (Å²) in [7, 11) is 0. The summed E-state index contributed by atoms with van der Waals surface area (Å²) in [6, 6.07) is 10.7. The number of ether oxygens (including phenoxy) is 1. The van der Waals surface area contributed by atoms with Crippen LogP contribution >= 0.6 is 0 Å². The summed E-state index contributed by atoms with van der Waals surface area (Å²) >= 11 is 0. The van der Waals surface area contributed by atoms with Gasteiger partial charge in [-0.1, -0.05) is 18.2 Å². The first-order valence-corrected chi connectivity index (χ1v) is 8.74. The number of benzene rings is 1. The molecule has 3 heterocycles. The molecule has 2 atom stereocenters. The van der Waals surface area contributed by atoms with Gasteiger partial charge in [-0.05, 0) is 25.0 Å². The summed E-state index contributed by atoms with van der Waals surface area (Å²) in [5.41, 5.74) is 0.802. The van der Waals surface area contributed by atoms with E-state index in [9.17, 15) is 4.79 Å². The number of likely N-dealkylation sites (tertiary alicyclic amines) is 2. The standard InChI is InChI=1S/C18H25N3O2/c22-18(14-4-2-1-3-5-14)20-9-6-15(7-10-20)21-12-16-17(13-21)23-11-8-19-16/h1-5,15-17,19H,6-13H2/t16-,17-/m0/s1. The van der Waals surface area contributed by atoms with Crippen molar-refractivity contribution < 1.29 is 9.53 Å². The SMILES string of the molecule is O=C(c1ccccc1)N1CCC(N2C[C@@H]3NCCO[C@H]3C2)CC1. The molecule has 0 aliphatic carbocycles. The van der Waals surface area contributed by atoms with E-state index in [1.54, 1.807) is 0 Å². The van der Waals surface area contributed by atoms with Crippen LogP contribution in [-0.2, 0) is 4.74 Å². The maximum Gasteiger partial charge on any atom is 0.253 e. The zero-order valence-electron chi connectivity index (χ0n) is 13.5. The minimum Gasteiger partial charge on any atom is -0.374 e. The molecule has 0 unspecified atom stereocenters. The van der Waals surface area contributed by atoms with E-state index in [4.69, 9.17) is 4.74 Å². The second-order valence-electron chi connectivity index (χ2n) is 6.81. The second kappa shape index (κ2) is 6.59. The number of carbonyl (C=O) groups is 1. The van der Waals surface area contributed by atoms with Crippen molar-refractivity contribution in [3.63, 3.8) is 0 Å². The minimum absolute atomic E-state index is 0.171. The summed E-state index contributed by atoms with van der Waals surface area (Å²) in [4.78, 5) is 17.1. The maximum atomic E-state index is 12.5. The average molecular weight is 315 g/mol. The number of morpholine rings is 1.